The molecule has 1 aliphatic heterocycles. The molecule has 1 aromatic carbocycles. The third-order valence-electron chi connectivity index (χ3n) is 2.87. The van der Waals surface area contributed by atoms with Crippen LogP contribution in [0.5, 0.6) is 0 Å². The van der Waals surface area contributed by atoms with E-state index < -0.39 is 0 Å². The minimum atomic E-state index is -0.0299. The first-order valence-corrected chi connectivity index (χ1v) is 5.51. The van der Waals surface area contributed by atoms with Gasteiger partial charge in [0.05, 0.1) is 6.04 Å². The lowest BCUT2D eigenvalue weighted by atomic mass is 10.2. The Balaban J connectivity index is 2.26. The van der Waals surface area contributed by atoms with Crippen LogP contribution in [0, 0.1) is 0 Å². The largest absolute Gasteiger partial charge is 0.328 e. The first-order valence-electron chi connectivity index (χ1n) is 5.13. The van der Waals surface area contributed by atoms with Gasteiger partial charge in [0.15, 0.2) is 0 Å². The number of benzene rings is 1. The van der Waals surface area contributed by atoms with Crippen LogP contribution in [0.3, 0.4) is 0 Å². The smallest absolute Gasteiger partial charge is 0.324 e. The predicted molar refractivity (Wildman–Crippen MR) is 64.8 cm³/mol. The number of halogens is 1. The van der Waals surface area contributed by atoms with Gasteiger partial charge >= 0.3 is 6.03 Å². The second kappa shape index (κ2) is 4.31. The molecule has 1 unspecified atom stereocenters. The summed E-state index contributed by atoms with van der Waals surface area (Å²) >= 11 is 5.90. The Morgan fingerprint density at radius 2 is 2.31 bits per heavy atom. The molecule has 5 heteroatoms. The van der Waals surface area contributed by atoms with Gasteiger partial charge in [0.2, 0.25) is 0 Å². The summed E-state index contributed by atoms with van der Waals surface area (Å²) in [5.74, 6) is 0. The topological polar surface area (TPSA) is 49.6 Å². The van der Waals surface area contributed by atoms with Gasteiger partial charge < -0.3 is 10.6 Å². The van der Waals surface area contributed by atoms with E-state index in [0.717, 1.165) is 5.69 Å². The molecule has 0 aromatic heterocycles. The molecule has 0 aliphatic carbocycles. The zero-order valence-electron chi connectivity index (χ0n) is 9.06. The van der Waals surface area contributed by atoms with Crippen LogP contribution in [0.1, 0.15) is 0 Å². The third-order valence-corrected chi connectivity index (χ3v) is 3.10. The number of rotatable bonds is 2. The predicted octanol–water partition coefficient (Wildman–Crippen LogP) is 1.54. The maximum atomic E-state index is 11.9. The lowest BCUT2D eigenvalue weighted by Gasteiger charge is -2.16. The number of carbonyl (C=O) groups is 1. The molecule has 0 radical (unpaired) electrons. The zero-order chi connectivity index (χ0) is 11.7. The summed E-state index contributed by atoms with van der Waals surface area (Å²) in [5, 5.41) is 0.629. The third kappa shape index (κ3) is 1.86. The van der Waals surface area contributed by atoms with Crippen molar-refractivity contribution in [1.82, 2.24) is 4.90 Å². The summed E-state index contributed by atoms with van der Waals surface area (Å²) in [7, 11) is 1.77. The van der Waals surface area contributed by atoms with Crippen molar-refractivity contribution >= 4 is 23.3 Å². The van der Waals surface area contributed by atoms with Gasteiger partial charge in [-0.2, -0.15) is 0 Å². The summed E-state index contributed by atoms with van der Waals surface area (Å²) in [6.07, 6.45) is 0. The van der Waals surface area contributed by atoms with Crippen LogP contribution in [0.15, 0.2) is 24.3 Å². The second-order valence-electron chi connectivity index (χ2n) is 3.87. The Labute approximate surface area is 99.6 Å². The van der Waals surface area contributed by atoms with Crippen molar-refractivity contribution in [2.75, 3.05) is 25.0 Å². The lowest BCUT2D eigenvalue weighted by Crippen LogP contribution is -2.35. The first kappa shape index (κ1) is 11.2. The minimum absolute atomic E-state index is 0.0299. The van der Waals surface area contributed by atoms with Gasteiger partial charge in [-0.1, -0.05) is 17.7 Å². The molecule has 16 heavy (non-hydrogen) atoms. The average Bonchev–Trinajstić information content (AvgIpc) is 2.56. The quantitative estimate of drug-likeness (QED) is 0.851. The summed E-state index contributed by atoms with van der Waals surface area (Å²) in [4.78, 5) is 15.3. The van der Waals surface area contributed by atoms with Gasteiger partial charge in [-0.25, -0.2) is 4.79 Å². The van der Waals surface area contributed by atoms with E-state index in [9.17, 15) is 4.79 Å². The van der Waals surface area contributed by atoms with Crippen molar-refractivity contribution in [3.8, 4) is 0 Å². The van der Waals surface area contributed by atoms with Gasteiger partial charge in [0.1, 0.15) is 0 Å². The van der Waals surface area contributed by atoms with E-state index in [2.05, 4.69) is 0 Å². The fourth-order valence-corrected chi connectivity index (χ4v) is 2.03. The average molecular weight is 240 g/mol. The minimum Gasteiger partial charge on any atom is -0.328 e. The van der Waals surface area contributed by atoms with Crippen molar-refractivity contribution in [3.63, 3.8) is 0 Å². The van der Waals surface area contributed by atoms with Gasteiger partial charge in [-0.3, -0.25) is 4.90 Å². The van der Waals surface area contributed by atoms with Crippen LogP contribution < -0.4 is 10.6 Å². The molecule has 2 rings (SSSR count). The number of nitrogens with two attached hydrogens (primary N) is 1. The Bertz CT molecular complexity index is 410. The van der Waals surface area contributed by atoms with Crippen LogP contribution in [-0.2, 0) is 0 Å². The molecule has 2 amide bonds. The number of hydrogen-bond donors (Lipinski definition) is 1. The Morgan fingerprint density at radius 1 is 1.56 bits per heavy atom. The van der Waals surface area contributed by atoms with Crippen molar-refractivity contribution in [2.24, 2.45) is 5.73 Å². The highest BCUT2D eigenvalue weighted by Crippen LogP contribution is 2.24. The van der Waals surface area contributed by atoms with Crippen LogP contribution in [-0.4, -0.2) is 37.1 Å². The molecule has 0 saturated carbocycles. The molecule has 4 nitrogen and oxygen atoms in total. The standard InChI is InChI=1S/C11H14ClN3O/c1-14-10(6-13)7-15(11(14)16)9-4-2-3-8(12)5-9/h2-5,10H,6-7,13H2,1H3. The van der Waals surface area contributed by atoms with Gasteiger partial charge in [-0.15, -0.1) is 0 Å². The van der Waals surface area contributed by atoms with E-state index >= 15 is 0 Å². The fourth-order valence-electron chi connectivity index (χ4n) is 1.85. The van der Waals surface area contributed by atoms with Crippen LogP contribution in [0.2, 0.25) is 5.02 Å². The number of urea groups is 1. The Morgan fingerprint density at radius 3 is 2.88 bits per heavy atom. The summed E-state index contributed by atoms with van der Waals surface area (Å²) in [6.45, 7) is 1.09. The Kier molecular flexibility index (Phi) is 3.03. The second-order valence-corrected chi connectivity index (χ2v) is 4.31. The molecule has 1 aromatic rings. The molecule has 1 atom stereocenters. The molecular weight excluding hydrogens is 226 g/mol. The number of carbonyl (C=O) groups excluding carboxylic acids is 1. The molecule has 1 saturated heterocycles. The molecule has 1 fully saturated rings. The van der Waals surface area contributed by atoms with E-state index in [0.29, 0.717) is 18.1 Å². The number of anilines is 1. The molecule has 0 spiro atoms. The number of nitrogens with zero attached hydrogens (tertiary/aromatic N) is 2. The van der Waals surface area contributed by atoms with Crippen molar-refractivity contribution in [2.45, 2.75) is 6.04 Å². The first-order chi connectivity index (χ1) is 7.63. The zero-order valence-corrected chi connectivity index (χ0v) is 9.81. The molecule has 86 valence electrons. The van der Waals surface area contributed by atoms with Crippen LogP contribution in [0.25, 0.3) is 0 Å². The molecule has 0 bridgehead atoms. The van der Waals surface area contributed by atoms with E-state index in [1.165, 1.54) is 0 Å². The van der Waals surface area contributed by atoms with E-state index in [-0.39, 0.29) is 12.1 Å². The van der Waals surface area contributed by atoms with Crippen LogP contribution in [0.4, 0.5) is 10.5 Å². The normalized spacial score (nSPS) is 20.7. The van der Waals surface area contributed by atoms with Gasteiger partial charge in [0, 0.05) is 30.8 Å². The lowest BCUT2D eigenvalue weighted by molar-refractivity contribution is 0.219. The Hall–Kier alpha value is -1.26. The van der Waals surface area contributed by atoms with Crippen molar-refractivity contribution in [3.05, 3.63) is 29.3 Å². The molecule has 1 heterocycles. The molecular formula is C11H14ClN3O. The SMILES string of the molecule is CN1C(=O)N(c2cccc(Cl)c2)CC1CN. The highest BCUT2D eigenvalue weighted by molar-refractivity contribution is 6.30. The van der Waals surface area contributed by atoms with E-state index in [4.69, 9.17) is 17.3 Å². The number of hydrogen-bond acceptors (Lipinski definition) is 2. The highest BCUT2D eigenvalue weighted by atomic mass is 35.5. The van der Waals surface area contributed by atoms with Gasteiger partial charge in [0.25, 0.3) is 0 Å². The van der Waals surface area contributed by atoms with Crippen LogP contribution >= 0.6 is 11.6 Å². The van der Waals surface area contributed by atoms with Gasteiger partial charge in [-0.05, 0) is 18.2 Å². The molecule has 2 N–H and O–H groups in total. The maximum absolute atomic E-state index is 11.9. The van der Waals surface area contributed by atoms with Crippen molar-refractivity contribution in [1.29, 1.82) is 0 Å². The highest BCUT2D eigenvalue weighted by Gasteiger charge is 2.34. The fraction of sp³-hybridized carbons (Fsp3) is 0.364. The van der Waals surface area contributed by atoms with Crippen molar-refractivity contribution < 1.29 is 4.79 Å². The van der Waals surface area contributed by atoms with E-state index in [1.54, 1.807) is 29.0 Å². The number of likely N-dealkylation sites (N-methyl/N-ethyl adjacent to an activating group) is 1. The summed E-state index contributed by atoms with van der Waals surface area (Å²) < 4.78 is 0. The monoisotopic (exact) mass is 239 g/mol. The van der Waals surface area contributed by atoms with E-state index in [1.807, 2.05) is 12.1 Å². The number of amides is 2. The maximum Gasteiger partial charge on any atom is 0.324 e. The summed E-state index contributed by atoms with van der Waals surface area (Å²) in [6, 6.07) is 7.32. The molecule has 1 aliphatic rings. The summed E-state index contributed by atoms with van der Waals surface area (Å²) in [5.41, 5.74) is 6.43.